The van der Waals surface area contributed by atoms with Crippen LogP contribution in [0, 0.1) is 6.92 Å². The second-order valence-corrected chi connectivity index (χ2v) is 6.94. The number of aromatic nitrogens is 3. The first-order valence-corrected chi connectivity index (χ1v) is 9.28. The highest BCUT2D eigenvalue weighted by Gasteiger charge is 2.16. The number of carboxylic acids is 1. The van der Waals surface area contributed by atoms with Gasteiger partial charge >= 0.3 is 5.97 Å². The Labute approximate surface area is 155 Å². The van der Waals surface area contributed by atoms with Gasteiger partial charge in [0.05, 0.1) is 23.9 Å². The third-order valence-electron chi connectivity index (χ3n) is 4.33. The molecule has 0 spiro atoms. The number of rotatable bonds is 7. The third kappa shape index (κ3) is 3.37. The molecular formula is C18H22N4O3S. The molecule has 0 radical (unpaired) electrons. The molecule has 0 saturated carbocycles. The van der Waals surface area contributed by atoms with Crippen molar-refractivity contribution in [2.45, 2.75) is 27.3 Å². The van der Waals surface area contributed by atoms with E-state index in [2.05, 4.69) is 23.8 Å². The lowest BCUT2D eigenvalue weighted by Crippen LogP contribution is -2.21. The fourth-order valence-corrected chi connectivity index (χ4v) is 4.03. The lowest BCUT2D eigenvalue weighted by atomic mass is 10.2. The molecular weight excluding hydrogens is 352 g/mol. The zero-order valence-electron chi connectivity index (χ0n) is 15.3. The Morgan fingerprint density at radius 1 is 1.31 bits per heavy atom. The minimum Gasteiger partial charge on any atom is -0.497 e. The number of carboxylic acid groups (broad SMARTS) is 1. The molecule has 0 atom stereocenters. The summed E-state index contributed by atoms with van der Waals surface area (Å²) in [6.07, 6.45) is 0. The van der Waals surface area contributed by atoms with E-state index in [1.807, 2.05) is 19.1 Å². The lowest BCUT2D eigenvalue weighted by molar-refractivity contribution is 0.0689. The van der Waals surface area contributed by atoms with Crippen molar-refractivity contribution in [2.75, 3.05) is 25.1 Å². The quantitative estimate of drug-likeness (QED) is 0.683. The number of benzene rings is 1. The highest BCUT2D eigenvalue weighted by atomic mass is 32.1. The topological polar surface area (TPSA) is 80.5 Å². The summed E-state index contributed by atoms with van der Waals surface area (Å²) in [5, 5.41) is 14.3. The van der Waals surface area contributed by atoms with Crippen molar-refractivity contribution in [1.82, 2.24) is 14.8 Å². The van der Waals surface area contributed by atoms with E-state index < -0.39 is 5.97 Å². The van der Waals surface area contributed by atoms with E-state index in [4.69, 9.17) is 14.8 Å². The van der Waals surface area contributed by atoms with E-state index in [-0.39, 0.29) is 5.69 Å². The number of methoxy groups -OCH3 is 1. The van der Waals surface area contributed by atoms with Crippen LogP contribution in [0.15, 0.2) is 18.2 Å². The van der Waals surface area contributed by atoms with Gasteiger partial charge < -0.3 is 14.7 Å². The summed E-state index contributed by atoms with van der Waals surface area (Å²) in [5.41, 5.74) is 2.70. The number of hydrogen-bond donors (Lipinski definition) is 1. The van der Waals surface area contributed by atoms with Gasteiger partial charge in [-0.15, -0.1) is 0 Å². The van der Waals surface area contributed by atoms with Crippen LogP contribution in [0.25, 0.3) is 10.2 Å². The van der Waals surface area contributed by atoms with Crippen molar-refractivity contribution in [3.05, 3.63) is 35.2 Å². The SMILES string of the molecule is CCN(CC)c1nc2c(Cn3nc(C(=O)O)cc3C)cc(OC)cc2s1. The standard InChI is InChI=1S/C18H22N4O3S/c1-5-21(6-2)18-19-16-12(8-13(25-4)9-15(16)26-18)10-22-11(3)7-14(20-22)17(23)24/h7-9H,5-6,10H2,1-4H3,(H,23,24). The van der Waals surface area contributed by atoms with Crippen LogP contribution in [0.1, 0.15) is 35.6 Å². The van der Waals surface area contributed by atoms with Gasteiger partial charge in [-0.2, -0.15) is 5.10 Å². The third-order valence-corrected chi connectivity index (χ3v) is 5.39. The number of carbonyl (C=O) groups is 1. The maximum atomic E-state index is 11.2. The van der Waals surface area contributed by atoms with Crippen molar-refractivity contribution >= 4 is 32.7 Å². The summed E-state index contributed by atoms with van der Waals surface area (Å²) in [4.78, 5) is 18.2. The second-order valence-electron chi connectivity index (χ2n) is 5.94. The van der Waals surface area contributed by atoms with Gasteiger partial charge in [0.25, 0.3) is 0 Å². The van der Waals surface area contributed by atoms with Crippen LogP contribution in [0.4, 0.5) is 5.13 Å². The molecule has 138 valence electrons. The lowest BCUT2D eigenvalue weighted by Gasteiger charge is -2.16. The largest absolute Gasteiger partial charge is 0.497 e. The van der Waals surface area contributed by atoms with E-state index in [9.17, 15) is 4.79 Å². The van der Waals surface area contributed by atoms with Crippen molar-refractivity contribution in [3.63, 3.8) is 0 Å². The fraction of sp³-hybridized carbons (Fsp3) is 0.389. The number of aryl methyl sites for hydroxylation is 1. The second kappa shape index (κ2) is 7.33. The fourth-order valence-electron chi connectivity index (χ4n) is 2.86. The normalized spacial score (nSPS) is 11.1. The number of ether oxygens (including phenoxy) is 1. The number of aromatic carboxylic acids is 1. The number of anilines is 1. The van der Waals surface area contributed by atoms with Crippen molar-refractivity contribution in [3.8, 4) is 5.75 Å². The summed E-state index contributed by atoms with van der Waals surface area (Å²) in [7, 11) is 1.64. The van der Waals surface area contributed by atoms with Crippen molar-refractivity contribution < 1.29 is 14.6 Å². The number of fused-ring (bicyclic) bond motifs is 1. The molecule has 2 aromatic heterocycles. The molecule has 0 aliphatic heterocycles. The molecule has 8 heteroatoms. The number of hydrogen-bond acceptors (Lipinski definition) is 6. The summed E-state index contributed by atoms with van der Waals surface area (Å²) < 4.78 is 8.17. The van der Waals surface area contributed by atoms with Gasteiger partial charge in [0.2, 0.25) is 0 Å². The van der Waals surface area contributed by atoms with Crippen LogP contribution >= 0.6 is 11.3 Å². The Morgan fingerprint density at radius 2 is 2.04 bits per heavy atom. The van der Waals surface area contributed by atoms with Crippen LogP contribution in [0.5, 0.6) is 5.75 Å². The minimum absolute atomic E-state index is 0.0451. The van der Waals surface area contributed by atoms with Crippen molar-refractivity contribution in [1.29, 1.82) is 0 Å². The Bertz CT molecular complexity index is 943. The van der Waals surface area contributed by atoms with Gasteiger partial charge in [-0.05, 0) is 39.0 Å². The number of nitrogens with zero attached hydrogens (tertiary/aromatic N) is 4. The minimum atomic E-state index is -1.03. The summed E-state index contributed by atoms with van der Waals surface area (Å²) in [6, 6.07) is 5.50. The van der Waals surface area contributed by atoms with Crippen LogP contribution in [-0.2, 0) is 6.54 Å². The van der Waals surface area contributed by atoms with Gasteiger partial charge in [-0.3, -0.25) is 4.68 Å². The zero-order valence-corrected chi connectivity index (χ0v) is 16.1. The van der Waals surface area contributed by atoms with Gasteiger partial charge in [0.15, 0.2) is 10.8 Å². The maximum Gasteiger partial charge on any atom is 0.356 e. The van der Waals surface area contributed by atoms with Crippen LogP contribution in [-0.4, -0.2) is 46.0 Å². The van der Waals surface area contributed by atoms with Crippen molar-refractivity contribution in [2.24, 2.45) is 0 Å². The maximum absolute atomic E-state index is 11.2. The average Bonchev–Trinajstić information content (AvgIpc) is 3.20. The first-order valence-electron chi connectivity index (χ1n) is 8.46. The predicted molar refractivity (Wildman–Crippen MR) is 103 cm³/mol. The van der Waals surface area contributed by atoms with Gasteiger partial charge in [0, 0.05) is 24.3 Å². The first-order chi connectivity index (χ1) is 12.5. The highest BCUT2D eigenvalue weighted by Crippen LogP contribution is 2.34. The predicted octanol–water partition coefficient (Wildman–Crippen LogP) is 3.40. The Kier molecular flexibility index (Phi) is 5.13. The van der Waals surface area contributed by atoms with Crippen LogP contribution in [0.3, 0.4) is 0 Å². The monoisotopic (exact) mass is 374 g/mol. The highest BCUT2D eigenvalue weighted by molar-refractivity contribution is 7.22. The molecule has 0 fully saturated rings. The summed E-state index contributed by atoms with van der Waals surface area (Å²) in [6.45, 7) is 8.29. The smallest absolute Gasteiger partial charge is 0.356 e. The average molecular weight is 374 g/mol. The summed E-state index contributed by atoms with van der Waals surface area (Å²) in [5.74, 6) is -0.273. The van der Waals surface area contributed by atoms with Gasteiger partial charge in [0.1, 0.15) is 5.75 Å². The molecule has 7 nitrogen and oxygen atoms in total. The molecule has 0 bridgehead atoms. The molecule has 0 aliphatic carbocycles. The molecule has 3 rings (SSSR count). The molecule has 1 N–H and O–H groups in total. The molecule has 1 aromatic carbocycles. The molecule has 0 saturated heterocycles. The van der Waals surface area contributed by atoms with Crippen LogP contribution < -0.4 is 9.64 Å². The Morgan fingerprint density at radius 3 is 2.62 bits per heavy atom. The van der Waals surface area contributed by atoms with E-state index >= 15 is 0 Å². The molecule has 2 heterocycles. The van der Waals surface area contributed by atoms with E-state index in [1.165, 1.54) is 0 Å². The molecule has 0 amide bonds. The van der Waals surface area contributed by atoms with Gasteiger partial charge in [-0.1, -0.05) is 11.3 Å². The zero-order chi connectivity index (χ0) is 18.8. The van der Waals surface area contributed by atoms with E-state index in [0.29, 0.717) is 6.54 Å². The number of thiazole rings is 1. The Balaban J connectivity index is 2.07. The molecule has 0 aliphatic rings. The molecule has 3 aromatic rings. The molecule has 0 unspecified atom stereocenters. The Hall–Kier alpha value is -2.61. The van der Waals surface area contributed by atoms with Crippen LogP contribution in [0.2, 0.25) is 0 Å². The van der Waals surface area contributed by atoms with Gasteiger partial charge in [-0.25, -0.2) is 9.78 Å². The van der Waals surface area contributed by atoms with E-state index in [1.54, 1.807) is 29.2 Å². The molecule has 26 heavy (non-hydrogen) atoms. The van der Waals surface area contributed by atoms with E-state index in [0.717, 1.165) is 45.4 Å². The summed E-state index contributed by atoms with van der Waals surface area (Å²) >= 11 is 1.63. The first kappa shape index (κ1) is 18.2.